The first kappa shape index (κ1) is 17.4. The number of hydrogen-bond acceptors (Lipinski definition) is 3. The highest BCUT2D eigenvalue weighted by atomic mass is 19.4. The fourth-order valence-corrected chi connectivity index (χ4v) is 2.97. The smallest absolute Gasteiger partial charge is 0.395 e. The predicted octanol–water partition coefficient (Wildman–Crippen LogP) is 4.01. The number of aromatic nitrogens is 2. The quantitative estimate of drug-likeness (QED) is 0.780. The Balaban J connectivity index is 1.82. The molecule has 1 aliphatic rings. The van der Waals surface area contributed by atoms with Crippen LogP contribution in [0.3, 0.4) is 0 Å². The highest BCUT2D eigenvalue weighted by Crippen LogP contribution is 2.37. The fourth-order valence-electron chi connectivity index (χ4n) is 2.97. The van der Waals surface area contributed by atoms with Crippen LogP contribution in [0.1, 0.15) is 11.1 Å². The van der Waals surface area contributed by atoms with Crippen LogP contribution in [0.4, 0.5) is 18.9 Å². The number of aryl methyl sites for hydroxylation is 2. The molecule has 25 heavy (non-hydrogen) atoms. The maximum absolute atomic E-state index is 12.6. The van der Waals surface area contributed by atoms with E-state index in [4.69, 9.17) is 4.74 Å². The Bertz CT molecular complexity index is 804. The first-order chi connectivity index (χ1) is 11.7. The van der Waals surface area contributed by atoms with Crippen molar-refractivity contribution in [2.75, 3.05) is 25.1 Å². The second-order valence-corrected chi connectivity index (χ2v) is 6.35. The van der Waals surface area contributed by atoms with Crippen LogP contribution in [0.25, 0.3) is 17.1 Å². The van der Waals surface area contributed by atoms with Gasteiger partial charge in [-0.1, -0.05) is 6.58 Å². The molecule has 0 atom stereocenters. The van der Waals surface area contributed by atoms with Crippen molar-refractivity contribution in [1.82, 2.24) is 9.55 Å². The number of hydrogen-bond donors (Lipinski definition) is 0. The van der Waals surface area contributed by atoms with Crippen molar-refractivity contribution in [1.29, 1.82) is 0 Å². The highest BCUT2D eigenvalue weighted by Gasteiger charge is 2.47. The summed E-state index contributed by atoms with van der Waals surface area (Å²) in [6, 6.07) is 3.82. The average molecular weight is 351 g/mol. The van der Waals surface area contributed by atoms with Gasteiger partial charge in [-0.15, -0.1) is 0 Å². The first-order valence-corrected chi connectivity index (χ1v) is 7.89. The molecule has 4 nitrogen and oxygen atoms in total. The van der Waals surface area contributed by atoms with E-state index in [1.807, 2.05) is 36.9 Å². The van der Waals surface area contributed by atoms with Gasteiger partial charge in [0, 0.05) is 31.9 Å². The molecular formula is C18H20F3N3O. The minimum absolute atomic E-state index is 0.00800. The number of alkyl halides is 3. The number of methoxy groups -OCH3 is 1. The summed E-state index contributed by atoms with van der Waals surface area (Å²) in [5.41, 5.74) is 4.17. The van der Waals surface area contributed by atoms with E-state index in [2.05, 4.69) is 11.6 Å². The number of anilines is 1. The predicted molar refractivity (Wildman–Crippen MR) is 91.2 cm³/mol. The molecule has 0 amide bonds. The van der Waals surface area contributed by atoms with Crippen molar-refractivity contribution in [3.05, 3.63) is 42.2 Å². The maximum atomic E-state index is 12.6. The lowest BCUT2D eigenvalue weighted by atomic mass is 9.98. The monoisotopic (exact) mass is 351 g/mol. The summed E-state index contributed by atoms with van der Waals surface area (Å²) < 4.78 is 45.0. The molecule has 0 N–H and O–H groups in total. The summed E-state index contributed by atoms with van der Waals surface area (Å²) in [7, 11) is 3.47. The normalized spacial score (nSPS) is 15.2. The molecular weight excluding hydrogens is 331 g/mol. The number of halogens is 3. The molecule has 3 heterocycles. The van der Waals surface area contributed by atoms with E-state index in [1.165, 1.54) is 0 Å². The Morgan fingerprint density at radius 1 is 1.32 bits per heavy atom. The fraction of sp³-hybridized carbons (Fsp3) is 0.389. The lowest BCUT2D eigenvalue weighted by molar-refractivity contribution is -0.180. The van der Waals surface area contributed by atoms with Gasteiger partial charge in [-0.2, -0.15) is 13.2 Å². The van der Waals surface area contributed by atoms with Crippen LogP contribution in [0.2, 0.25) is 0 Å². The molecule has 3 rings (SSSR count). The largest absolute Gasteiger partial charge is 0.497 e. The van der Waals surface area contributed by atoms with Crippen molar-refractivity contribution in [2.24, 2.45) is 13.0 Å². The average Bonchev–Trinajstić information content (AvgIpc) is 2.85. The Morgan fingerprint density at radius 2 is 2.00 bits per heavy atom. The van der Waals surface area contributed by atoms with Gasteiger partial charge in [0.05, 0.1) is 36.3 Å². The summed E-state index contributed by atoms with van der Waals surface area (Å²) in [6.45, 7) is 5.73. The van der Waals surface area contributed by atoms with Gasteiger partial charge in [0.15, 0.2) is 0 Å². The Morgan fingerprint density at radius 3 is 2.56 bits per heavy atom. The molecule has 1 fully saturated rings. The topological polar surface area (TPSA) is 30.3 Å². The number of ether oxygens (including phenoxy) is 1. The van der Waals surface area contributed by atoms with E-state index in [0.717, 1.165) is 28.2 Å². The van der Waals surface area contributed by atoms with Crippen LogP contribution in [0, 0.1) is 12.8 Å². The standard InChI is InChI=1S/C18H20F3N3O/c1-11-5-15(24-9-14(10-24)18(19,20)21)7-22-17(11)16-6-13(8-23(16)3)12(2)25-4/h5-8,14H,2,9-10H2,1,3-4H3. The Hall–Kier alpha value is -2.44. The highest BCUT2D eigenvalue weighted by molar-refractivity contribution is 5.69. The van der Waals surface area contributed by atoms with Crippen LogP contribution < -0.4 is 4.90 Å². The second-order valence-electron chi connectivity index (χ2n) is 6.35. The molecule has 0 aliphatic carbocycles. The Kier molecular flexibility index (Phi) is 4.26. The second kappa shape index (κ2) is 6.13. The maximum Gasteiger partial charge on any atom is 0.395 e. The van der Waals surface area contributed by atoms with Crippen LogP contribution >= 0.6 is 0 Å². The summed E-state index contributed by atoms with van der Waals surface area (Å²) in [5, 5.41) is 0. The molecule has 0 bridgehead atoms. The third-order valence-corrected chi connectivity index (χ3v) is 4.59. The van der Waals surface area contributed by atoms with Gasteiger partial charge >= 0.3 is 6.18 Å². The zero-order valence-electron chi connectivity index (χ0n) is 14.4. The number of rotatable bonds is 4. The summed E-state index contributed by atoms with van der Waals surface area (Å²) in [4.78, 5) is 6.18. The first-order valence-electron chi connectivity index (χ1n) is 7.89. The minimum Gasteiger partial charge on any atom is -0.497 e. The van der Waals surface area contributed by atoms with Crippen molar-refractivity contribution < 1.29 is 17.9 Å². The number of nitrogens with zero attached hydrogens (tertiary/aromatic N) is 3. The van der Waals surface area contributed by atoms with Crippen LogP contribution in [-0.2, 0) is 11.8 Å². The van der Waals surface area contributed by atoms with Crippen molar-refractivity contribution in [3.63, 3.8) is 0 Å². The third-order valence-electron chi connectivity index (χ3n) is 4.59. The Labute approximate surface area is 144 Å². The van der Waals surface area contributed by atoms with Crippen molar-refractivity contribution >= 4 is 11.4 Å². The molecule has 2 aromatic heterocycles. The van der Waals surface area contributed by atoms with Gasteiger partial charge in [-0.25, -0.2) is 0 Å². The molecule has 0 radical (unpaired) electrons. The lowest BCUT2D eigenvalue weighted by Crippen LogP contribution is -2.53. The zero-order chi connectivity index (χ0) is 18.4. The molecule has 1 aliphatic heterocycles. The lowest BCUT2D eigenvalue weighted by Gasteiger charge is -2.41. The van der Waals surface area contributed by atoms with E-state index >= 15 is 0 Å². The molecule has 134 valence electrons. The molecule has 0 saturated carbocycles. The summed E-state index contributed by atoms with van der Waals surface area (Å²) >= 11 is 0. The molecule has 2 aromatic rings. The van der Waals surface area contributed by atoms with Gasteiger partial charge in [0.25, 0.3) is 0 Å². The van der Waals surface area contributed by atoms with E-state index in [-0.39, 0.29) is 13.1 Å². The van der Waals surface area contributed by atoms with E-state index in [9.17, 15) is 13.2 Å². The van der Waals surface area contributed by atoms with Gasteiger partial charge < -0.3 is 14.2 Å². The van der Waals surface area contributed by atoms with E-state index in [1.54, 1.807) is 18.2 Å². The minimum atomic E-state index is -4.12. The van der Waals surface area contributed by atoms with Crippen LogP contribution in [0.5, 0.6) is 0 Å². The van der Waals surface area contributed by atoms with Gasteiger partial charge in [-0.3, -0.25) is 4.98 Å². The number of pyridine rings is 1. The van der Waals surface area contributed by atoms with Crippen LogP contribution in [0.15, 0.2) is 31.1 Å². The van der Waals surface area contributed by atoms with Gasteiger partial charge in [0.2, 0.25) is 0 Å². The SMILES string of the molecule is C=C(OC)c1cc(-c2ncc(N3CC(C(F)(F)F)C3)cc2C)n(C)c1. The molecule has 7 heteroatoms. The van der Waals surface area contributed by atoms with Gasteiger partial charge in [0.1, 0.15) is 5.76 Å². The molecule has 1 saturated heterocycles. The summed E-state index contributed by atoms with van der Waals surface area (Å²) in [6.07, 6.45) is -0.589. The molecule has 0 aromatic carbocycles. The van der Waals surface area contributed by atoms with Gasteiger partial charge in [-0.05, 0) is 24.6 Å². The van der Waals surface area contributed by atoms with Crippen molar-refractivity contribution in [3.8, 4) is 11.4 Å². The van der Waals surface area contributed by atoms with E-state index < -0.39 is 12.1 Å². The van der Waals surface area contributed by atoms with Crippen LogP contribution in [-0.4, -0.2) is 35.9 Å². The summed E-state index contributed by atoms with van der Waals surface area (Å²) in [5.74, 6) is -0.683. The molecule has 0 spiro atoms. The van der Waals surface area contributed by atoms with E-state index in [0.29, 0.717) is 5.76 Å². The third kappa shape index (κ3) is 3.23. The van der Waals surface area contributed by atoms with Crippen molar-refractivity contribution in [2.45, 2.75) is 13.1 Å². The molecule has 0 unspecified atom stereocenters. The zero-order valence-corrected chi connectivity index (χ0v) is 14.4.